The van der Waals surface area contributed by atoms with Crippen LogP contribution >= 0.6 is 0 Å². The zero-order valence-corrected chi connectivity index (χ0v) is 14.2. The van der Waals surface area contributed by atoms with E-state index < -0.39 is 16.1 Å². The molecular weight excluding hydrogens is 292 g/mol. The lowest BCUT2D eigenvalue weighted by molar-refractivity contribution is 0.119. The third-order valence-corrected chi connectivity index (χ3v) is 4.59. The van der Waals surface area contributed by atoms with Gasteiger partial charge in [0.2, 0.25) is 5.09 Å². The van der Waals surface area contributed by atoms with Crippen molar-refractivity contribution in [2.45, 2.75) is 44.9 Å². The molecule has 7 heteroatoms. The number of hydrogen-bond acceptors (Lipinski definition) is 5. The van der Waals surface area contributed by atoms with Gasteiger partial charge in [-0.1, -0.05) is 20.8 Å². The van der Waals surface area contributed by atoms with Gasteiger partial charge in [0.15, 0.2) is 0 Å². The maximum absolute atomic E-state index is 11.9. The van der Waals surface area contributed by atoms with Crippen LogP contribution in [0.1, 0.15) is 33.0 Å². The number of rotatable bonds is 7. The van der Waals surface area contributed by atoms with E-state index >= 15 is 0 Å². The molecule has 2 N–H and O–H groups in total. The van der Waals surface area contributed by atoms with Crippen molar-refractivity contribution in [3.05, 3.63) is 17.9 Å². The van der Waals surface area contributed by atoms with Crippen LogP contribution in [0.2, 0.25) is 0 Å². The van der Waals surface area contributed by atoms with E-state index in [1.54, 1.807) is 6.07 Å². The number of hydrogen-bond donors (Lipinski definition) is 2. The number of aliphatic hydroxyl groups is 1. The van der Waals surface area contributed by atoms with Gasteiger partial charge in [0.25, 0.3) is 10.0 Å². The monoisotopic (exact) mass is 318 g/mol. The molecule has 1 aromatic rings. The second-order valence-corrected chi connectivity index (χ2v) is 8.64. The Kier molecular flexibility index (Phi) is 5.98. The Labute approximate surface area is 127 Å². The molecule has 0 saturated heterocycles. The normalized spacial score (nSPS) is 14.6. The van der Waals surface area contributed by atoms with Crippen LogP contribution in [-0.4, -0.2) is 44.6 Å². The first-order chi connectivity index (χ1) is 9.52. The first-order valence-electron chi connectivity index (χ1n) is 6.92. The first-order valence-corrected chi connectivity index (χ1v) is 8.36. The molecule has 0 aliphatic rings. The zero-order chi connectivity index (χ0) is 16.3. The highest BCUT2D eigenvalue weighted by Gasteiger charge is 2.21. The molecule has 0 saturated carbocycles. The lowest BCUT2D eigenvalue weighted by Crippen LogP contribution is -2.29. The predicted octanol–water partition coefficient (Wildman–Crippen LogP) is 1.42. The van der Waals surface area contributed by atoms with Gasteiger partial charge >= 0.3 is 0 Å². The summed E-state index contributed by atoms with van der Waals surface area (Å²) in [5.74, 6) is 0.526. The Hall–Kier alpha value is -0.890. The van der Waals surface area contributed by atoms with Crippen LogP contribution in [0, 0.1) is 5.41 Å². The second-order valence-electron chi connectivity index (χ2n) is 6.56. The SMILES string of the molecule is CN(C)S(=O)(=O)c1ccc(CNCC(O)CC(C)(C)C)o1. The van der Waals surface area contributed by atoms with E-state index in [0.29, 0.717) is 25.3 Å². The molecule has 1 rings (SSSR count). The molecular formula is C14H26N2O4S. The molecule has 0 aliphatic heterocycles. The topological polar surface area (TPSA) is 82.8 Å². The number of furan rings is 1. The van der Waals surface area contributed by atoms with Crippen molar-refractivity contribution in [3.63, 3.8) is 0 Å². The van der Waals surface area contributed by atoms with Crippen LogP contribution in [0.25, 0.3) is 0 Å². The average Bonchev–Trinajstić information content (AvgIpc) is 2.75. The van der Waals surface area contributed by atoms with Gasteiger partial charge in [-0.2, -0.15) is 0 Å². The van der Waals surface area contributed by atoms with Crippen molar-refractivity contribution in [3.8, 4) is 0 Å². The molecule has 6 nitrogen and oxygen atoms in total. The fraction of sp³-hybridized carbons (Fsp3) is 0.714. The lowest BCUT2D eigenvalue weighted by Gasteiger charge is -2.22. The van der Waals surface area contributed by atoms with Crippen molar-refractivity contribution in [1.29, 1.82) is 0 Å². The summed E-state index contributed by atoms with van der Waals surface area (Å²) in [4.78, 5) is 0. The molecule has 0 aliphatic carbocycles. The van der Waals surface area contributed by atoms with Crippen molar-refractivity contribution in [2.75, 3.05) is 20.6 Å². The molecule has 1 atom stereocenters. The molecule has 0 radical (unpaired) electrons. The van der Waals surface area contributed by atoms with Gasteiger partial charge in [-0.05, 0) is 24.0 Å². The molecule has 122 valence electrons. The molecule has 0 amide bonds. The summed E-state index contributed by atoms with van der Waals surface area (Å²) in [6.45, 7) is 7.03. The number of nitrogens with zero attached hydrogens (tertiary/aromatic N) is 1. The molecule has 0 bridgehead atoms. The van der Waals surface area contributed by atoms with Gasteiger partial charge in [0, 0.05) is 20.6 Å². The summed E-state index contributed by atoms with van der Waals surface area (Å²) in [6, 6.07) is 3.07. The second kappa shape index (κ2) is 6.91. The summed E-state index contributed by atoms with van der Waals surface area (Å²) >= 11 is 0. The van der Waals surface area contributed by atoms with Gasteiger partial charge in [-0.3, -0.25) is 0 Å². The van der Waals surface area contributed by atoms with Crippen LogP contribution < -0.4 is 5.32 Å². The Balaban J connectivity index is 2.50. The van der Waals surface area contributed by atoms with Crippen LogP contribution in [0.3, 0.4) is 0 Å². The van der Waals surface area contributed by atoms with Crippen molar-refractivity contribution < 1.29 is 17.9 Å². The van der Waals surface area contributed by atoms with E-state index in [1.165, 1.54) is 20.2 Å². The fourth-order valence-electron chi connectivity index (χ4n) is 1.91. The molecule has 1 heterocycles. The smallest absolute Gasteiger partial charge is 0.275 e. The number of nitrogens with one attached hydrogen (secondary N) is 1. The Bertz CT molecular complexity index is 544. The summed E-state index contributed by atoms with van der Waals surface area (Å²) in [5, 5.41) is 12.9. The minimum atomic E-state index is -3.53. The van der Waals surface area contributed by atoms with Gasteiger partial charge < -0.3 is 14.8 Å². The van der Waals surface area contributed by atoms with Crippen LogP contribution in [0.5, 0.6) is 0 Å². The Morgan fingerprint density at radius 3 is 2.48 bits per heavy atom. The molecule has 1 unspecified atom stereocenters. The van der Waals surface area contributed by atoms with E-state index in [2.05, 4.69) is 26.1 Å². The third kappa shape index (κ3) is 5.78. The number of aliphatic hydroxyl groups excluding tert-OH is 1. The van der Waals surface area contributed by atoms with Crippen molar-refractivity contribution in [1.82, 2.24) is 9.62 Å². The zero-order valence-electron chi connectivity index (χ0n) is 13.4. The van der Waals surface area contributed by atoms with E-state index in [1.807, 2.05) is 0 Å². The van der Waals surface area contributed by atoms with Crippen molar-refractivity contribution in [2.24, 2.45) is 5.41 Å². The highest BCUT2D eigenvalue weighted by Crippen LogP contribution is 2.20. The lowest BCUT2D eigenvalue weighted by atomic mass is 9.89. The highest BCUT2D eigenvalue weighted by atomic mass is 32.2. The molecule has 0 aromatic carbocycles. The van der Waals surface area contributed by atoms with Crippen LogP contribution in [0.15, 0.2) is 21.6 Å². The standard InChI is InChI=1S/C14H26N2O4S/c1-14(2,3)8-11(17)9-15-10-12-6-7-13(20-12)21(18,19)16(4)5/h6-7,11,15,17H,8-10H2,1-5H3. The van der Waals surface area contributed by atoms with Gasteiger partial charge in [0.05, 0.1) is 12.6 Å². The molecule has 0 spiro atoms. The summed E-state index contributed by atoms with van der Waals surface area (Å²) < 4.78 is 30.1. The minimum absolute atomic E-state index is 0.0682. The van der Waals surface area contributed by atoms with E-state index in [9.17, 15) is 13.5 Å². The molecule has 0 fully saturated rings. The van der Waals surface area contributed by atoms with Crippen molar-refractivity contribution >= 4 is 10.0 Å². The quantitative estimate of drug-likeness (QED) is 0.794. The minimum Gasteiger partial charge on any atom is -0.447 e. The molecule has 1 aromatic heterocycles. The highest BCUT2D eigenvalue weighted by molar-refractivity contribution is 7.88. The van der Waals surface area contributed by atoms with Crippen LogP contribution in [0.4, 0.5) is 0 Å². The number of sulfonamides is 1. The maximum Gasteiger partial charge on any atom is 0.275 e. The Morgan fingerprint density at radius 2 is 1.95 bits per heavy atom. The van der Waals surface area contributed by atoms with Gasteiger partial charge in [-0.15, -0.1) is 0 Å². The van der Waals surface area contributed by atoms with Crippen LogP contribution in [-0.2, 0) is 16.6 Å². The maximum atomic E-state index is 11.9. The third-order valence-electron chi connectivity index (χ3n) is 2.90. The average molecular weight is 318 g/mol. The van der Waals surface area contributed by atoms with E-state index in [4.69, 9.17) is 4.42 Å². The summed E-state index contributed by atoms with van der Waals surface area (Å²) in [6.07, 6.45) is 0.253. The first kappa shape index (κ1) is 18.2. The van der Waals surface area contributed by atoms with E-state index in [-0.39, 0.29) is 10.5 Å². The Morgan fingerprint density at radius 1 is 1.33 bits per heavy atom. The van der Waals surface area contributed by atoms with Gasteiger partial charge in [0.1, 0.15) is 5.76 Å². The van der Waals surface area contributed by atoms with E-state index in [0.717, 1.165) is 4.31 Å². The largest absolute Gasteiger partial charge is 0.447 e. The fourth-order valence-corrected chi connectivity index (χ4v) is 2.73. The predicted molar refractivity (Wildman–Crippen MR) is 81.4 cm³/mol. The summed E-state index contributed by atoms with van der Waals surface area (Å²) in [5.41, 5.74) is 0.0682. The molecule has 21 heavy (non-hydrogen) atoms. The summed E-state index contributed by atoms with van der Waals surface area (Å²) in [7, 11) is -0.618. The van der Waals surface area contributed by atoms with Gasteiger partial charge in [-0.25, -0.2) is 12.7 Å².